The van der Waals surface area contributed by atoms with E-state index < -0.39 is 17.9 Å². The smallest absolute Gasteiger partial charge is 0.328 e. The van der Waals surface area contributed by atoms with Crippen LogP contribution in [-0.2, 0) is 16.0 Å². The molecule has 0 radical (unpaired) electrons. The highest BCUT2D eigenvalue weighted by molar-refractivity contribution is 6.02. The van der Waals surface area contributed by atoms with E-state index in [1.54, 1.807) is 0 Å². The van der Waals surface area contributed by atoms with Gasteiger partial charge < -0.3 is 15.2 Å². The summed E-state index contributed by atoms with van der Waals surface area (Å²) in [5.74, 6) is -1.27. The van der Waals surface area contributed by atoms with E-state index in [1.807, 2.05) is 29.6 Å². The second-order valence-corrected chi connectivity index (χ2v) is 4.42. The summed E-state index contributed by atoms with van der Waals surface area (Å²) in [5.41, 5.74) is 1.07. The maximum atomic E-state index is 11.4. The number of amides is 3. The van der Waals surface area contributed by atoms with E-state index in [0.717, 1.165) is 17.4 Å². The molecule has 0 saturated heterocycles. The van der Waals surface area contributed by atoms with Crippen molar-refractivity contribution >= 4 is 17.9 Å². The van der Waals surface area contributed by atoms with Crippen LogP contribution >= 0.6 is 0 Å². The molecule has 7 nitrogen and oxygen atoms in total. The Bertz CT molecular complexity index is 572. The first-order chi connectivity index (χ1) is 10.0. The fourth-order valence-corrected chi connectivity index (χ4v) is 1.92. The minimum Gasteiger partial charge on any atom is -0.488 e. The molecule has 0 aliphatic carbocycles. The maximum absolute atomic E-state index is 11.4. The van der Waals surface area contributed by atoms with E-state index in [2.05, 4.69) is 5.32 Å². The van der Waals surface area contributed by atoms with Gasteiger partial charge in [0.15, 0.2) is 0 Å². The Balaban J connectivity index is 1.73. The standard InChI is InChI=1S/C14H14N2O5/c17-12(5-6-13(18)19)16-14(20)15-8-10-7-9-3-1-2-4-11(9)21-10/h1-6,10H,7-8H2,(H,18,19)(H2,15,16,17,20). The van der Waals surface area contributed by atoms with E-state index in [-0.39, 0.29) is 12.6 Å². The molecule has 0 bridgehead atoms. The van der Waals surface area contributed by atoms with Crippen LogP contribution in [0.1, 0.15) is 5.56 Å². The lowest BCUT2D eigenvalue weighted by Gasteiger charge is -2.11. The number of rotatable bonds is 4. The number of urea groups is 1. The molecule has 1 heterocycles. The normalized spacial score (nSPS) is 16.1. The minimum absolute atomic E-state index is 0.183. The third-order valence-electron chi connectivity index (χ3n) is 2.82. The van der Waals surface area contributed by atoms with Gasteiger partial charge in [0.2, 0.25) is 0 Å². The molecule has 7 heteroatoms. The van der Waals surface area contributed by atoms with Crippen LogP contribution in [-0.4, -0.2) is 35.7 Å². The van der Waals surface area contributed by atoms with Gasteiger partial charge in [0.05, 0.1) is 6.54 Å². The van der Waals surface area contributed by atoms with Gasteiger partial charge in [-0.1, -0.05) is 18.2 Å². The predicted octanol–water partition coefficient (Wildman–Crippen LogP) is 0.457. The summed E-state index contributed by atoms with van der Waals surface area (Å²) in [6.45, 7) is 0.246. The summed E-state index contributed by atoms with van der Waals surface area (Å²) in [7, 11) is 0. The summed E-state index contributed by atoms with van der Waals surface area (Å²) in [6, 6.07) is 6.90. The molecule has 0 spiro atoms. The predicted molar refractivity (Wildman–Crippen MR) is 72.9 cm³/mol. The van der Waals surface area contributed by atoms with Gasteiger partial charge in [0, 0.05) is 18.6 Å². The first-order valence-electron chi connectivity index (χ1n) is 6.29. The first kappa shape index (κ1) is 14.6. The van der Waals surface area contributed by atoms with Crippen molar-refractivity contribution in [3.8, 4) is 5.75 Å². The Kier molecular flexibility index (Phi) is 4.55. The fourth-order valence-electron chi connectivity index (χ4n) is 1.92. The molecule has 0 aromatic heterocycles. The zero-order valence-electron chi connectivity index (χ0n) is 11.0. The van der Waals surface area contributed by atoms with Gasteiger partial charge in [-0.3, -0.25) is 10.1 Å². The Morgan fingerprint density at radius 3 is 2.76 bits per heavy atom. The monoisotopic (exact) mass is 290 g/mol. The number of nitrogens with one attached hydrogen (secondary N) is 2. The molecular weight excluding hydrogens is 276 g/mol. The fraction of sp³-hybridized carbons (Fsp3) is 0.214. The molecule has 110 valence electrons. The van der Waals surface area contributed by atoms with E-state index in [9.17, 15) is 14.4 Å². The number of imide groups is 1. The SMILES string of the molecule is O=C(O)C=CC(=O)NC(=O)NCC1Cc2ccccc2O1. The van der Waals surface area contributed by atoms with Crippen molar-refractivity contribution in [2.75, 3.05) is 6.54 Å². The number of carboxylic acids is 1. The molecule has 1 atom stereocenters. The van der Waals surface area contributed by atoms with E-state index >= 15 is 0 Å². The minimum atomic E-state index is -1.26. The molecule has 0 saturated carbocycles. The molecule has 21 heavy (non-hydrogen) atoms. The largest absolute Gasteiger partial charge is 0.488 e. The number of hydrogen-bond donors (Lipinski definition) is 3. The number of benzene rings is 1. The van der Waals surface area contributed by atoms with Crippen molar-refractivity contribution in [1.29, 1.82) is 0 Å². The van der Waals surface area contributed by atoms with Crippen molar-refractivity contribution in [3.63, 3.8) is 0 Å². The highest BCUT2D eigenvalue weighted by Crippen LogP contribution is 2.27. The number of para-hydroxylation sites is 1. The highest BCUT2D eigenvalue weighted by atomic mass is 16.5. The number of hydrogen-bond acceptors (Lipinski definition) is 4. The molecule has 3 N–H and O–H groups in total. The average Bonchev–Trinajstić information content (AvgIpc) is 2.86. The third-order valence-corrected chi connectivity index (χ3v) is 2.82. The van der Waals surface area contributed by atoms with E-state index in [4.69, 9.17) is 9.84 Å². The molecule has 1 aliphatic heterocycles. The molecule has 1 aromatic carbocycles. The second-order valence-electron chi connectivity index (χ2n) is 4.42. The number of fused-ring (bicyclic) bond motifs is 1. The molecule has 2 rings (SSSR count). The van der Waals surface area contributed by atoms with Gasteiger partial charge in [-0.05, 0) is 11.6 Å². The van der Waals surface area contributed by atoms with Crippen LogP contribution in [0.3, 0.4) is 0 Å². The van der Waals surface area contributed by atoms with Crippen molar-refractivity contribution in [2.45, 2.75) is 12.5 Å². The lowest BCUT2D eigenvalue weighted by Crippen LogP contribution is -2.43. The second kappa shape index (κ2) is 6.56. The lowest BCUT2D eigenvalue weighted by atomic mass is 10.1. The molecule has 1 aromatic rings. The number of carboxylic acid groups (broad SMARTS) is 1. The Morgan fingerprint density at radius 2 is 2.05 bits per heavy atom. The summed E-state index contributed by atoms with van der Waals surface area (Å²) in [4.78, 5) is 32.8. The van der Waals surface area contributed by atoms with Gasteiger partial charge >= 0.3 is 12.0 Å². The number of ether oxygens (including phenoxy) is 1. The number of aliphatic carboxylic acids is 1. The molecular formula is C14H14N2O5. The van der Waals surface area contributed by atoms with Crippen LogP contribution in [0.4, 0.5) is 4.79 Å². The first-order valence-corrected chi connectivity index (χ1v) is 6.29. The topological polar surface area (TPSA) is 105 Å². The zero-order chi connectivity index (χ0) is 15.2. The van der Waals surface area contributed by atoms with Gasteiger partial charge in [-0.25, -0.2) is 9.59 Å². The average molecular weight is 290 g/mol. The van der Waals surface area contributed by atoms with Crippen LogP contribution in [0.25, 0.3) is 0 Å². The van der Waals surface area contributed by atoms with E-state index in [1.165, 1.54) is 0 Å². The number of carbonyl (C=O) groups excluding carboxylic acids is 2. The van der Waals surface area contributed by atoms with Gasteiger partial charge in [-0.15, -0.1) is 0 Å². The van der Waals surface area contributed by atoms with Crippen molar-refractivity contribution < 1.29 is 24.2 Å². The van der Waals surface area contributed by atoms with Gasteiger partial charge in [0.1, 0.15) is 11.9 Å². The summed E-state index contributed by atoms with van der Waals surface area (Å²) < 4.78 is 5.62. The lowest BCUT2D eigenvalue weighted by molar-refractivity contribution is -0.131. The molecule has 1 aliphatic rings. The number of carbonyl (C=O) groups is 3. The summed E-state index contributed by atoms with van der Waals surface area (Å²) in [6.07, 6.45) is 1.92. The zero-order valence-corrected chi connectivity index (χ0v) is 11.0. The van der Waals surface area contributed by atoms with Crippen molar-refractivity contribution in [3.05, 3.63) is 42.0 Å². The summed E-state index contributed by atoms with van der Waals surface area (Å²) in [5, 5.41) is 12.8. The van der Waals surface area contributed by atoms with Gasteiger partial charge in [0.25, 0.3) is 5.91 Å². The third kappa shape index (κ3) is 4.34. The van der Waals surface area contributed by atoms with Crippen LogP contribution in [0.2, 0.25) is 0 Å². The molecule has 3 amide bonds. The quantitative estimate of drug-likeness (QED) is 0.699. The van der Waals surface area contributed by atoms with Crippen LogP contribution < -0.4 is 15.4 Å². The Hall–Kier alpha value is -2.83. The Morgan fingerprint density at radius 1 is 1.29 bits per heavy atom. The van der Waals surface area contributed by atoms with Crippen LogP contribution in [0, 0.1) is 0 Å². The van der Waals surface area contributed by atoms with Crippen LogP contribution in [0.5, 0.6) is 5.75 Å². The van der Waals surface area contributed by atoms with Crippen molar-refractivity contribution in [1.82, 2.24) is 10.6 Å². The highest BCUT2D eigenvalue weighted by Gasteiger charge is 2.22. The molecule has 1 unspecified atom stereocenters. The van der Waals surface area contributed by atoms with E-state index in [0.29, 0.717) is 12.5 Å². The maximum Gasteiger partial charge on any atom is 0.328 e. The van der Waals surface area contributed by atoms with Crippen LogP contribution in [0.15, 0.2) is 36.4 Å². The Labute approximate surface area is 120 Å². The molecule has 0 fully saturated rings. The van der Waals surface area contributed by atoms with Crippen molar-refractivity contribution in [2.24, 2.45) is 0 Å². The van der Waals surface area contributed by atoms with Gasteiger partial charge in [-0.2, -0.15) is 0 Å². The summed E-state index contributed by atoms with van der Waals surface area (Å²) >= 11 is 0.